The molecular weight excluding hydrogens is 1160 g/mol. The molecule has 0 unspecified atom stereocenters. The van der Waals surface area contributed by atoms with E-state index in [1.165, 1.54) is 0 Å². The van der Waals surface area contributed by atoms with E-state index in [9.17, 15) is 86.6 Å². The third kappa shape index (κ3) is 29.3. The van der Waals surface area contributed by atoms with Gasteiger partial charge in [0.25, 0.3) is 0 Å². The molecule has 1 heterocycles. The fourth-order valence-electron chi connectivity index (χ4n) is 8.23. The van der Waals surface area contributed by atoms with Crippen LogP contribution in [0.25, 0.3) is 0 Å². The smallest absolute Gasteiger partial charge is 0.481 e. The average molecular weight is 1230 g/mol. The second-order valence-electron chi connectivity index (χ2n) is 18.6. The predicted molar refractivity (Wildman–Crippen MR) is 274 cm³/mol. The Morgan fingerprint density at radius 3 is 1.41 bits per heavy atom. The van der Waals surface area contributed by atoms with E-state index in [2.05, 4.69) is 49.2 Å². The molecule has 31 heteroatoms. The van der Waals surface area contributed by atoms with Gasteiger partial charge in [0.1, 0.15) is 18.1 Å². The van der Waals surface area contributed by atoms with Crippen LogP contribution in [0.4, 0.5) is 18.0 Å². The van der Waals surface area contributed by atoms with Gasteiger partial charge in [0.15, 0.2) is 0 Å². The highest BCUT2D eigenvalue weighted by atomic mass is 127. The van der Waals surface area contributed by atoms with Crippen molar-refractivity contribution >= 4 is 88.1 Å². The van der Waals surface area contributed by atoms with Crippen LogP contribution in [0.15, 0.2) is 24.3 Å². The van der Waals surface area contributed by atoms with Crippen molar-refractivity contribution < 1.29 is 102 Å². The molecule has 3 rings (SSSR count). The zero-order valence-corrected chi connectivity index (χ0v) is 44.7. The molecular formula is C47H69F3IN9O18. The lowest BCUT2D eigenvalue weighted by atomic mass is 9.81. The lowest BCUT2D eigenvalue weighted by Crippen LogP contribution is -2.51. The van der Waals surface area contributed by atoms with Crippen LogP contribution >= 0.6 is 22.6 Å². The van der Waals surface area contributed by atoms with Crippen LogP contribution in [0.1, 0.15) is 63.4 Å². The molecule has 1 aromatic carbocycles. The second kappa shape index (κ2) is 35.1. The van der Waals surface area contributed by atoms with Gasteiger partial charge in [0.05, 0.1) is 26.2 Å². The van der Waals surface area contributed by atoms with Gasteiger partial charge in [-0.3, -0.25) is 53.2 Å². The molecule has 438 valence electrons. The van der Waals surface area contributed by atoms with Crippen LogP contribution in [0, 0.1) is 15.4 Å². The van der Waals surface area contributed by atoms with Crippen molar-refractivity contribution in [3.8, 4) is 0 Å². The molecule has 27 nitrogen and oxygen atoms in total. The summed E-state index contributed by atoms with van der Waals surface area (Å²) in [5, 5.41) is 76.3. The highest BCUT2D eigenvalue weighted by Gasteiger charge is 2.38. The number of alkyl halides is 3. The minimum atomic E-state index is -5.08. The second-order valence-corrected chi connectivity index (χ2v) is 19.9. The van der Waals surface area contributed by atoms with Gasteiger partial charge in [-0.2, -0.15) is 13.2 Å². The lowest BCUT2D eigenvalue weighted by Gasteiger charge is -2.33. The molecule has 1 aliphatic heterocycles. The number of hydrogen-bond donors (Lipinski definition) is 12. The number of carboxylic acid groups (broad SMARTS) is 7. The number of nitrogens with one attached hydrogen (secondary N) is 5. The summed E-state index contributed by atoms with van der Waals surface area (Å²) in [6.45, 7) is 1.77. The first-order chi connectivity index (χ1) is 36.6. The third-order valence-electron chi connectivity index (χ3n) is 12.5. The number of hydrogen-bond acceptors (Lipinski definition) is 15. The third-order valence-corrected chi connectivity index (χ3v) is 13.2. The van der Waals surface area contributed by atoms with Crippen LogP contribution < -0.4 is 26.6 Å². The number of carbonyl (C=O) groups excluding carboxylic acids is 4. The summed E-state index contributed by atoms with van der Waals surface area (Å²) >= 11 is 2.16. The SMILES string of the molecule is O=C(O)C(F)(F)F.O=C(O)CC[C@H](NC(=O)N[C@@H](CCCCNC(=O)[C@H](Cc1ccc(I)cc1)NC(=O)C1CCC(CNC(=O)CN2CCN(CC(=O)O)CCN(CC(=O)O)CCN(CC(=O)O)CC2)CC1)C(=O)O)C(=O)O. The number of carbonyl (C=O) groups is 11. The highest BCUT2D eigenvalue weighted by Crippen LogP contribution is 2.29. The number of amides is 5. The fourth-order valence-corrected chi connectivity index (χ4v) is 8.59. The largest absolute Gasteiger partial charge is 0.490 e. The molecule has 0 spiro atoms. The number of carboxylic acids is 7. The summed E-state index contributed by atoms with van der Waals surface area (Å²) in [6, 6.07) is 2.49. The van der Waals surface area contributed by atoms with E-state index >= 15 is 0 Å². The zero-order chi connectivity index (χ0) is 58.5. The summed E-state index contributed by atoms with van der Waals surface area (Å²) in [7, 11) is 0. The Hall–Kier alpha value is -6.45. The standard InChI is InChI=1S/C45H68IN9O16.C2HF3O2/c46-32-10-6-29(7-11-32)23-35(42(66)47-14-2-1-3-33(43(67)68)50-45(71)51-34(44(69)70)12-13-37(57)58)49-41(65)31-8-4-30(5-9-31)24-48-36(56)25-52-15-17-53(26-38(59)60)19-21-55(28-40(63)64)22-20-54(18-16-52)27-39(61)62;3-2(4,5)1(6)7/h6-7,10-11,30-31,33-35H,1-5,8-9,12-28H2,(H,47,66)(H,48,56)(H,49,65)(H,57,58)(H,59,60)(H,61,62)(H,63,64)(H,67,68)(H,69,70)(H2,50,51,71);(H,6,7)/t30?,31?,33-,34-,35-;/m0./s1. The van der Waals surface area contributed by atoms with Gasteiger partial charge < -0.3 is 62.3 Å². The summed E-state index contributed by atoms with van der Waals surface area (Å²) in [5.74, 6) is -11.4. The molecule has 0 radical (unpaired) electrons. The van der Waals surface area contributed by atoms with Crippen LogP contribution in [-0.2, 0) is 54.4 Å². The Balaban J connectivity index is 0.00000277. The molecule has 78 heavy (non-hydrogen) atoms. The molecule has 0 aromatic heterocycles. The molecule has 2 aliphatic rings. The summed E-state index contributed by atoms with van der Waals surface area (Å²) < 4.78 is 32.7. The molecule has 1 aromatic rings. The average Bonchev–Trinajstić information content (AvgIpc) is 3.34. The molecule has 1 saturated carbocycles. The number of benzene rings is 1. The fraction of sp³-hybridized carbons (Fsp3) is 0.638. The van der Waals surface area contributed by atoms with E-state index in [1.807, 2.05) is 29.2 Å². The van der Waals surface area contributed by atoms with Crippen molar-refractivity contribution in [1.29, 1.82) is 0 Å². The van der Waals surface area contributed by atoms with Crippen molar-refractivity contribution in [1.82, 2.24) is 46.2 Å². The minimum Gasteiger partial charge on any atom is -0.481 e. The normalized spacial score (nSPS) is 18.3. The number of halogens is 4. The Morgan fingerprint density at radius 2 is 1.00 bits per heavy atom. The summed E-state index contributed by atoms with van der Waals surface area (Å²) in [5.41, 5.74) is 0.805. The summed E-state index contributed by atoms with van der Waals surface area (Å²) in [6.07, 6.45) is -3.10. The van der Waals surface area contributed by atoms with Crippen LogP contribution in [-0.4, -0.2) is 237 Å². The van der Waals surface area contributed by atoms with Crippen molar-refractivity contribution in [2.45, 2.75) is 88.5 Å². The van der Waals surface area contributed by atoms with E-state index in [1.54, 1.807) is 14.7 Å². The Labute approximate surface area is 459 Å². The quantitative estimate of drug-likeness (QED) is 0.0398. The molecule has 2 fully saturated rings. The van der Waals surface area contributed by atoms with E-state index in [0.29, 0.717) is 51.7 Å². The number of aliphatic carboxylic acids is 7. The number of unbranched alkanes of at least 4 members (excludes halogenated alkanes) is 1. The molecule has 5 amide bonds. The lowest BCUT2D eigenvalue weighted by molar-refractivity contribution is -0.192. The molecule has 3 atom stereocenters. The number of nitrogens with zero attached hydrogens (tertiary/aromatic N) is 4. The zero-order valence-electron chi connectivity index (χ0n) is 42.6. The van der Waals surface area contributed by atoms with Gasteiger partial charge in [0.2, 0.25) is 17.7 Å². The van der Waals surface area contributed by atoms with Crippen molar-refractivity contribution in [2.24, 2.45) is 11.8 Å². The van der Waals surface area contributed by atoms with Gasteiger partial charge in [-0.15, -0.1) is 0 Å². The van der Waals surface area contributed by atoms with E-state index in [0.717, 1.165) is 9.13 Å². The van der Waals surface area contributed by atoms with Crippen LogP contribution in [0.2, 0.25) is 0 Å². The van der Waals surface area contributed by atoms with E-state index < -0.39 is 96.8 Å². The monoisotopic (exact) mass is 1230 g/mol. The topological polar surface area (TPSA) is 402 Å². The number of urea groups is 1. The highest BCUT2D eigenvalue weighted by molar-refractivity contribution is 14.1. The van der Waals surface area contributed by atoms with Crippen molar-refractivity contribution in [3.63, 3.8) is 0 Å². The Bertz CT molecular complexity index is 2160. The van der Waals surface area contributed by atoms with Crippen molar-refractivity contribution in [3.05, 3.63) is 33.4 Å². The van der Waals surface area contributed by atoms with E-state index in [-0.39, 0.29) is 109 Å². The van der Waals surface area contributed by atoms with Crippen LogP contribution in [0.3, 0.4) is 0 Å². The van der Waals surface area contributed by atoms with Gasteiger partial charge in [-0.25, -0.2) is 19.2 Å². The maximum Gasteiger partial charge on any atom is 0.490 e. The first kappa shape index (κ1) is 67.7. The van der Waals surface area contributed by atoms with Crippen LogP contribution in [0.5, 0.6) is 0 Å². The maximum atomic E-state index is 13.7. The van der Waals surface area contributed by atoms with Gasteiger partial charge in [-0.1, -0.05) is 12.1 Å². The first-order valence-corrected chi connectivity index (χ1v) is 25.9. The van der Waals surface area contributed by atoms with Gasteiger partial charge >= 0.3 is 54.0 Å². The summed E-state index contributed by atoms with van der Waals surface area (Å²) in [4.78, 5) is 137. The minimum absolute atomic E-state index is 0.0249. The molecule has 12 N–H and O–H groups in total. The predicted octanol–water partition coefficient (Wildman–Crippen LogP) is -0.293. The molecule has 1 aliphatic carbocycles. The van der Waals surface area contributed by atoms with Crippen molar-refractivity contribution in [2.75, 3.05) is 91.6 Å². The molecule has 0 bridgehead atoms. The first-order valence-electron chi connectivity index (χ1n) is 24.8. The van der Waals surface area contributed by atoms with E-state index in [4.69, 9.17) is 15.0 Å². The van der Waals surface area contributed by atoms with Gasteiger partial charge in [0, 0.05) is 87.8 Å². The Morgan fingerprint density at radius 1 is 0.564 bits per heavy atom. The molecule has 1 saturated heterocycles. The Kier molecular flexibility index (Phi) is 30.5. The van der Waals surface area contributed by atoms with Gasteiger partial charge in [-0.05, 0) is 97.6 Å². The number of rotatable bonds is 27. The maximum absolute atomic E-state index is 13.7.